The first-order valence-electron chi connectivity index (χ1n) is 5.60. The summed E-state index contributed by atoms with van der Waals surface area (Å²) >= 11 is 0. The lowest BCUT2D eigenvalue weighted by Gasteiger charge is -2.23. The average molecular weight is 239 g/mol. The quantitative estimate of drug-likeness (QED) is 0.730. The molecule has 0 aliphatic carbocycles. The van der Waals surface area contributed by atoms with Gasteiger partial charge in [0.15, 0.2) is 0 Å². The number of rotatable bonds is 2. The van der Waals surface area contributed by atoms with E-state index in [0.717, 1.165) is 0 Å². The van der Waals surface area contributed by atoms with Crippen LogP contribution >= 0.6 is 0 Å². The van der Waals surface area contributed by atoms with Crippen molar-refractivity contribution in [1.29, 1.82) is 0 Å². The van der Waals surface area contributed by atoms with E-state index < -0.39 is 5.69 Å². The van der Waals surface area contributed by atoms with Crippen LogP contribution in [0.2, 0.25) is 0 Å². The van der Waals surface area contributed by atoms with E-state index in [2.05, 4.69) is 25.6 Å². The summed E-state index contributed by atoms with van der Waals surface area (Å²) in [5.41, 5.74) is -0.776. The summed E-state index contributed by atoms with van der Waals surface area (Å²) in [4.78, 5) is 21.9. The molecule has 1 rings (SSSR count). The second kappa shape index (κ2) is 4.35. The molecular formula is C11H21N5O. The standard InChI is InChI=1S/C11H21N5O/c1-10(2,3)15-7-12-8(14-9(17)13-7)16-11(4,5)6/h1-6H3,(H3,12,13,14,15,16,17). The van der Waals surface area contributed by atoms with E-state index in [0.29, 0.717) is 11.9 Å². The van der Waals surface area contributed by atoms with Gasteiger partial charge in [-0.25, -0.2) is 4.79 Å². The molecule has 0 amide bonds. The number of hydrogen-bond donors (Lipinski definition) is 3. The van der Waals surface area contributed by atoms with Crippen molar-refractivity contribution in [2.24, 2.45) is 0 Å². The van der Waals surface area contributed by atoms with Gasteiger partial charge in [-0.15, -0.1) is 0 Å². The van der Waals surface area contributed by atoms with Crippen molar-refractivity contribution in [2.45, 2.75) is 52.6 Å². The van der Waals surface area contributed by atoms with Crippen molar-refractivity contribution in [1.82, 2.24) is 15.0 Å². The van der Waals surface area contributed by atoms with E-state index in [9.17, 15) is 4.79 Å². The fourth-order valence-corrected chi connectivity index (χ4v) is 1.19. The molecule has 0 saturated heterocycles. The Kier molecular flexibility index (Phi) is 3.45. The Morgan fingerprint density at radius 3 is 1.94 bits per heavy atom. The summed E-state index contributed by atoms with van der Waals surface area (Å²) in [5, 5.41) is 6.17. The molecule has 1 heterocycles. The zero-order valence-corrected chi connectivity index (χ0v) is 11.3. The second-order valence-corrected chi connectivity index (χ2v) is 6.08. The van der Waals surface area contributed by atoms with Crippen molar-refractivity contribution in [3.05, 3.63) is 10.5 Å². The minimum Gasteiger partial charge on any atom is -0.351 e. The molecule has 96 valence electrons. The van der Waals surface area contributed by atoms with Crippen molar-refractivity contribution in [2.75, 3.05) is 10.6 Å². The maximum absolute atomic E-state index is 11.4. The molecule has 6 heteroatoms. The average Bonchev–Trinajstić information content (AvgIpc) is 1.93. The zero-order valence-electron chi connectivity index (χ0n) is 11.3. The maximum atomic E-state index is 11.4. The largest absolute Gasteiger partial charge is 0.351 e. The SMILES string of the molecule is CC(C)(C)Nc1nc(NC(C)(C)C)[nH]c(=O)n1. The predicted molar refractivity (Wildman–Crippen MR) is 69.4 cm³/mol. The summed E-state index contributed by atoms with van der Waals surface area (Å²) in [7, 11) is 0. The Labute approximate surface area is 101 Å². The van der Waals surface area contributed by atoms with Crippen LogP contribution in [-0.2, 0) is 0 Å². The molecular weight excluding hydrogens is 218 g/mol. The van der Waals surface area contributed by atoms with Gasteiger partial charge in [-0.3, -0.25) is 4.98 Å². The van der Waals surface area contributed by atoms with Gasteiger partial charge >= 0.3 is 5.69 Å². The third-order valence-corrected chi connectivity index (χ3v) is 1.63. The molecule has 0 unspecified atom stereocenters. The third-order valence-electron chi connectivity index (χ3n) is 1.63. The van der Waals surface area contributed by atoms with Crippen LogP contribution in [0.15, 0.2) is 4.79 Å². The molecule has 3 N–H and O–H groups in total. The summed E-state index contributed by atoms with van der Waals surface area (Å²) in [5.74, 6) is 0.747. The Morgan fingerprint density at radius 1 is 0.941 bits per heavy atom. The highest BCUT2D eigenvalue weighted by Crippen LogP contribution is 2.12. The predicted octanol–water partition coefficient (Wildman–Crippen LogP) is 1.59. The third kappa shape index (κ3) is 5.33. The van der Waals surface area contributed by atoms with Crippen LogP contribution in [0.25, 0.3) is 0 Å². The normalized spacial score (nSPS) is 12.4. The van der Waals surface area contributed by atoms with Crippen LogP contribution in [0.3, 0.4) is 0 Å². The van der Waals surface area contributed by atoms with Crippen LogP contribution < -0.4 is 16.3 Å². The number of aromatic nitrogens is 3. The molecule has 0 aliphatic rings. The van der Waals surface area contributed by atoms with Crippen LogP contribution in [-0.4, -0.2) is 26.0 Å². The summed E-state index contributed by atoms with van der Waals surface area (Å²) in [6, 6.07) is 0. The van der Waals surface area contributed by atoms with Crippen molar-refractivity contribution in [3.63, 3.8) is 0 Å². The monoisotopic (exact) mass is 239 g/mol. The Bertz CT molecular complexity index is 401. The van der Waals surface area contributed by atoms with Crippen molar-refractivity contribution >= 4 is 11.9 Å². The minimum absolute atomic E-state index is 0.170. The number of anilines is 2. The van der Waals surface area contributed by atoms with Gasteiger partial charge < -0.3 is 10.6 Å². The van der Waals surface area contributed by atoms with E-state index >= 15 is 0 Å². The van der Waals surface area contributed by atoms with E-state index in [1.165, 1.54) is 0 Å². The van der Waals surface area contributed by atoms with Crippen molar-refractivity contribution in [3.8, 4) is 0 Å². The van der Waals surface area contributed by atoms with E-state index in [4.69, 9.17) is 0 Å². The lowest BCUT2D eigenvalue weighted by atomic mass is 10.1. The minimum atomic E-state index is -0.418. The van der Waals surface area contributed by atoms with Gasteiger partial charge in [0.05, 0.1) is 0 Å². The Hall–Kier alpha value is -1.59. The molecule has 0 saturated carbocycles. The van der Waals surface area contributed by atoms with Crippen molar-refractivity contribution < 1.29 is 0 Å². The summed E-state index contributed by atoms with van der Waals surface area (Å²) in [6.45, 7) is 11.9. The number of aromatic amines is 1. The topological polar surface area (TPSA) is 82.7 Å². The molecule has 0 aliphatic heterocycles. The van der Waals surface area contributed by atoms with Crippen LogP contribution in [0, 0.1) is 0 Å². The molecule has 0 bridgehead atoms. The van der Waals surface area contributed by atoms with Gasteiger partial charge in [-0.05, 0) is 41.5 Å². The number of nitrogens with zero attached hydrogens (tertiary/aromatic N) is 2. The van der Waals surface area contributed by atoms with Gasteiger partial charge in [0.25, 0.3) is 0 Å². The fourth-order valence-electron chi connectivity index (χ4n) is 1.19. The molecule has 1 aromatic rings. The Balaban J connectivity index is 2.99. The first kappa shape index (κ1) is 13.5. The summed E-state index contributed by atoms with van der Waals surface area (Å²) < 4.78 is 0. The lowest BCUT2D eigenvalue weighted by molar-refractivity contribution is 0.614. The first-order valence-corrected chi connectivity index (χ1v) is 5.60. The molecule has 0 fully saturated rings. The molecule has 0 radical (unpaired) electrons. The van der Waals surface area contributed by atoms with Gasteiger partial charge in [-0.1, -0.05) is 0 Å². The molecule has 0 aromatic carbocycles. The molecule has 6 nitrogen and oxygen atoms in total. The van der Waals surface area contributed by atoms with E-state index in [1.54, 1.807) is 0 Å². The Morgan fingerprint density at radius 2 is 1.47 bits per heavy atom. The second-order valence-electron chi connectivity index (χ2n) is 6.08. The number of hydrogen-bond acceptors (Lipinski definition) is 5. The summed E-state index contributed by atoms with van der Waals surface area (Å²) in [6.07, 6.45) is 0. The molecule has 0 spiro atoms. The van der Waals surface area contributed by atoms with Crippen LogP contribution in [0.4, 0.5) is 11.9 Å². The zero-order chi connectivity index (χ0) is 13.3. The van der Waals surface area contributed by atoms with E-state index in [-0.39, 0.29) is 11.1 Å². The highest BCUT2D eigenvalue weighted by molar-refractivity contribution is 5.35. The maximum Gasteiger partial charge on any atom is 0.350 e. The van der Waals surface area contributed by atoms with Gasteiger partial charge in [-0.2, -0.15) is 9.97 Å². The van der Waals surface area contributed by atoms with Gasteiger partial charge in [0.1, 0.15) is 0 Å². The molecule has 1 aromatic heterocycles. The van der Waals surface area contributed by atoms with E-state index in [1.807, 2.05) is 41.5 Å². The molecule has 17 heavy (non-hydrogen) atoms. The van der Waals surface area contributed by atoms with Gasteiger partial charge in [0.2, 0.25) is 11.9 Å². The highest BCUT2D eigenvalue weighted by Gasteiger charge is 2.15. The smallest absolute Gasteiger partial charge is 0.350 e. The van der Waals surface area contributed by atoms with Crippen LogP contribution in [0.1, 0.15) is 41.5 Å². The van der Waals surface area contributed by atoms with Crippen LogP contribution in [0.5, 0.6) is 0 Å². The number of nitrogens with one attached hydrogen (secondary N) is 3. The van der Waals surface area contributed by atoms with Gasteiger partial charge in [0, 0.05) is 11.1 Å². The first-order chi connectivity index (χ1) is 7.55. The number of H-pyrrole nitrogens is 1. The lowest BCUT2D eigenvalue weighted by Crippen LogP contribution is -2.32. The highest BCUT2D eigenvalue weighted by atomic mass is 16.1. The fraction of sp³-hybridized carbons (Fsp3) is 0.727. The molecule has 0 atom stereocenters.